The Morgan fingerprint density at radius 1 is 1.03 bits per heavy atom. The highest BCUT2D eigenvalue weighted by atomic mass is 19.4. The second-order valence-electron chi connectivity index (χ2n) is 10.2. The number of halogens is 3. The van der Waals surface area contributed by atoms with Gasteiger partial charge < -0.3 is 15.1 Å². The van der Waals surface area contributed by atoms with Gasteiger partial charge in [-0.1, -0.05) is 39.0 Å². The maximum Gasteiger partial charge on any atom is 0.416 e. The number of carbonyl (C=O) groups is 3. The number of anilines is 1. The van der Waals surface area contributed by atoms with Crippen LogP contribution in [0.4, 0.5) is 18.9 Å². The van der Waals surface area contributed by atoms with Gasteiger partial charge in [0.25, 0.3) is 5.91 Å². The minimum absolute atomic E-state index is 0.00606. The summed E-state index contributed by atoms with van der Waals surface area (Å²) in [5.74, 6) is -0.829. The van der Waals surface area contributed by atoms with E-state index >= 15 is 0 Å². The van der Waals surface area contributed by atoms with Gasteiger partial charge in [-0.05, 0) is 47.2 Å². The van der Waals surface area contributed by atoms with Crippen molar-refractivity contribution in [3.63, 3.8) is 0 Å². The van der Waals surface area contributed by atoms with E-state index in [-0.39, 0.29) is 35.9 Å². The third kappa shape index (κ3) is 5.33. The molecule has 0 aromatic heterocycles. The normalized spacial score (nSPS) is 18.5. The topological polar surface area (TPSA) is 69.7 Å². The van der Waals surface area contributed by atoms with Gasteiger partial charge in [0.15, 0.2) is 0 Å². The molecule has 1 fully saturated rings. The van der Waals surface area contributed by atoms with Crippen LogP contribution in [0.5, 0.6) is 0 Å². The first-order valence-corrected chi connectivity index (χ1v) is 11.5. The predicted molar refractivity (Wildman–Crippen MR) is 126 cm³/mol. The van der Waals surface area contributed by atoms with Crippen molar-refractivity contribution < 1.29 is 27.6 Å². The van der Waals surface area contributed by atoms with Gasteiger partial charge in [0.05, 0.1) is 23.4 Å². The lowest BCUT2D eigenvalue weighted by Crippen LogP contribution is -2.59. The van der Waals surface area contributed by atoms with E-state index in [9.17, 15) is 27.6 Å². The van der Waals surface area contributed by atoms with E-state index in [0.717, 1.165) is 12.1 Å². The lowest BCUT2D eigenvalue weighted by atomic mass is 9.90. The molecule has 2 aliphatic rings. The van der Waals surface area contributed by atoms with Crippen LogP contribution in [-0.4, -0.2) is 53.2 Å². The molecule has 1 atom stereocenters. The zero-order valence-electron chi connectivity index (χ0n) is 19.9. The molecule has 1 unspecified atom stereocenters. The van der Waals surface area contributed by atoms with Gasteiger partial charge in [-0.2, -0.15) is 13.2 Å². The Morgan fingerprint density at radius 2 is 1.74 bits per heavy atom. The lowest BCUT2D eigenvalue weighted by molar-refractivity contribution is -0.138. The van der Waals surface area contributed by atoms with Crippen molar-refractivity contribution in [3.8, 4) is 11.1 Å². The number of nitrogens with zero attached hydrogens (tertiary/aromatic N) is 2. The Hall–Kier alpha value is -3.36. The van der Waals surface area contributed by atoms with Gasteiger partial charge in [0.1, 0.15) is 6.04 Å². The summed E-state index contributed by atoms with van der Waals surface area (Å²) in [4.78, 5) is 42.2. The summed E-state index contributed by atoms with van der Waals surface area (Å²) in [5.41, 5.74) is 0.492. The van der Waals surface area contributed by atoms with Gasteiger partial charge in [-0.3, -0.25) is 14.4 Å². The summed E-state index contributed by atoms with van der Waals surface area (Å²) in [6.45, 7) is 6.79. The molecule has 2 aromatic carbocycles. The van der Waals surface area contributed by atoms with Crippen LogP contribution in [0.15, 0.2) is 42.5 Å². The third-order valence-electron chi connectivity index (χ3n) is 6.42. The van der Waals surface area contributed by atoms with E-state index in [2.05, 4.69) is 26.1 Å². The van der Waals surface area contributed by atoms with Crippen LogP contribution >= 0.6 is 0 Å². The average Bonchev–Trinajstić information content (AvgIpc) is 2.90. The third-order valence-corrected chi connectivity index (χ3v) is 6.42. The SMILES string of the molecule is CC(C)(C)CCC(=O)N1CCN2C(=O)c3cc(-c4cccc(C(F)(F)F)c4)ccc3NC(=O)C2C1. The summed E-state index contributed by atoms with van der Waals surface area (Å²) in [7, 11) is 0. The molecule has 35 heavy (non-hydrogen) atoms. The van der Waals surface area contributed by atoms with E-state index in [1.54, 1.807) is 17.0 Å². The van der Waals surface area contributed by atoms with Crippen molar-refractivity contribution >= 4 is 23.4 Å². The number of nitrogens with one attached hydrogen (secondary N) is 1. The fraction of sp³-hybridized carbons (Fsp3) is 0.423. The minimum atomic E-state index is -4.48. The number of rotatable bonds is 3. The first kappa shape index (κ1) is 24.8. The van der Waals surface area contributed by atoms with E-state index in [1.807, 2.05) is 0 Å². The Bertz CT molecular complexity index is 1170. The number of amides is 3. The second kappa shape index (κ2) is 9.02. The molecule has 3 amide bonds. The van der Waals surface area contributed by atoms with E-state index in [0.29, 0.717) is 36.2 Å². The molecule has 6 nitrogen and oxygen atoms in total. The molecule has 0 spiro atoms. The summed E-state index contributed by atoms with van der Waals surface area (Å²) in [5, 5.41) is 2.76. The molecule has 1 N–H and O–H groups in total. The van der Waals surface area contributed by atoms with E-state index in [1.165, 1.54) is 23.1 Å². The predicted octanol–water partition coefficient (Wildman–Crippen LogP) is 4.80. The maximum atomic E-state index is 13.4. The minimum Gasteiger partial charge on any atom is -0.338 e. The maximum absolute atomic E-state index is 13.4. The second-order valence-corrected chi connectivity index (χ2v) is 10.2. The molecule has 2 aromatic rings. The summed E-state index contributed by atoms with van der Waals surface area (Å²) in [6, 6.07) is 8.67. The molecule has 0 aliphatic carbocycles. The van der Waals surface area contributed by atoms with Crippen LogP contribution in [0.2, 0.25) is 0 Å². The number of benzene rings is 2. The van der Waals surface area contributed by atoms with Crippen LogP contribution < -0.4 is 5.32 Å². The molecule has 0 bridgehead atoms. The highest BCUT2D eigenvalue weighted by molar-refractivity contribution is 6.10. The van der Waals surface area contributed by atoms with Crippen molar-refractivity contribution in [2.75, 3.05) is 25.0 Å². The largest absolute Gasteiger partial charge is 0.416 e. The standard InChI is InChI=1S/C26H28F3N3O3/c1-25(2,3)10-9-22(33)31-11-12-32-21(15-31)23(34)30-20-8-7-17(14-19(20)24(32)35)16-5-4-6-18(13-16)26(27,28)29/h4-8,13-14,21H,9-12,15H2,1-3H3,(H,30,34). The monoisotopic (exact) mass is 487 g/mol. The Labute approximate surface area is 202 Å². The molecular formula is C26H28F3N3O3. The molecule has 2 heterocycles. The lowest BCUT2D eigenvalue weighted by Gasteiger charge is -2.39. The number of hydrogen-bond donors (Lipinski definition) is 1. The van der Waals surface area contributed by atoms with Crippen LogP contribution in [0, 0.1) is 5.41 Å². The molecule has 186 valence electrons. The van der Waals surface area contributed by atoms with Gasteiger partial charge in [0.2, 0.25) is 11.8 Å². The number of alkyl halides is 3. The first-order valence-electron chi connectivity index (χ1n) is 11.5. The fourth-order valence-electron chi connectivity index (χ4n) is 4.37. The van der Waals surface area contributed by atoms with Crippen LogP contribution in [0.3, 0.4) is 0 Å². The molecule has 0 radical (unpaired) electrons. The average molecular weight is 488 g/mol. The molecule has 4 rings (SSSR count). The molecule has 0 saturated carbocycles. The van der Waals surface area contributed by atoms with Crippen LogP contribution in [0.25, 0.3) is 11.1 Å². The zero-order valence-corrected chi connectivity index (χ0v) is 19.9. The van der Waals surface area contributed by atoms with E-state index < -0.39 is 23.7 Å². The molecule has 2 aliphatic heterocycles. The van der Waals surface area contributed by atoms with Crippen molar-refractivity contribution in [3.05, 3.63) is 53.6 Å². The highest BCUT2D eigenvalue weighted by Crippen LogP contribution is 2.34. The quantitative estimate of drug-likeness (QED) is 0.676. The van der Waals surface area contributed by atoms with Gasteiger partial charge in [-0.15, -0.1) is 0 Å². The van der Waals surface area contributed by atoms with Gasteiger partial charge in [0, 0.05) is 19.5 Å². The van der Waals surface area contributed by atoms with Crippen molar-refractivity contribution in [2.24, 2.45) is 5.41 Å². The van der Waals surface area contributed by atoms with Crippen molar-refractivity contribution in [1.29, 1.82) is 0 Å². The summed E-state index contributed by atoms with van der Waals surface area (Å²) in [6.07, 6.45) is -3.40. The number of piperazine rings is 1. The van der Waals surface area contributed by atoms with Crippen LogP contribution in [-0.2, 0) is 15.8 Å². The zero-order chi connectivity index (χ0) is 25.5. The Morgan fingerprint density at radius 3 is 2.43 bits per heavy atom. The smallest absolute Gasteiger partial charge is 0.338 e. The van der Waals surface area contributed by atoms with E-state index in [4.69, 9.17) is 0 Å². The Kier molecular flexibility index (Phi) is 6.38. The van der Waals surface area contributed by atoms with Crippen molar-refractivity contribution in [1.82, 2.24) is 9.80 Å². The van der Waals surface area contributed by atoms with Crippen LogP contribution in [0.1, 0.15) is 49.5 Å². The first-order chi connectivity index (χ1) is 16.3. The van der Waals surface area contributed by atoms with Gasteiger partial charge >= 0.3 is 6.18 Å². The highest BCUT2D eigenvalue weighted by Gasteiger charge is 2.40. The van der Waals surface area contributed by atoms with Gasteiger partial charge in [-0.25, -0.2) is 0 Å². The van der Waals surface area contributed by atoms with Crippen molar-refractivity contribution in [2.45, 2.75) is 45.8 Å². The molecule has 9 heteroatoms. The number of hydrogen-bond acceptors (Lipinski definition) is 3. The number of fused-ring (bicyclic) bond motifs is 2. The summed E-state index contributed by atoms with van der Waals surface area (Å²) < 4.78 is 39.5. The molecule has 1 saturated heterocycles. The number of carbonyl (C=O) groups excluding carboxylic acids is 3. The summed E-state index contributed by atoms with van der Waals surface area (Å²) >= 11 is 0. The fourth-order valence-corrected chi connectivity index (χ4v) is 4.37. The molecular weight excluding hydrogens is 459 g/mol. The Balaban J connectivity index is 1.58.